The summed E-state index contributed by atoms with van der Waals surface area (Å²) in [7, 11) is 1.74. The molecule has 6 nitrogen and oxygen atoms in total. The summed E-state index contributed by atoms with van der Waals surface area (Å²) in [6.07, 6.45) is 0. The summed E-state index contributed by atoms with van der Waals surface area (Å²) in [5.41, 5.74) is 2.32. The molecular formula is C16H21N3O3. The van der Waals surface area contributed by atoms with Crippen LogP contribution in [0.2, 0.25) is 0 Å². The Bertz CT molecular complexity index is 615. The number of carbonyl (C=O) groups is 1. The number of ether oxygens (including phenoxy) is 1. The summed E-state index contributed by atoms with van der Waals surface area (Å²) < 4.78 is 10.4. The van der Waals surface area contributed by atoms with Gasteiger partial charge < -0.3 is 19.5 Å². The molecule has 0 saturated carbocycles. The summed E-state index contributed by atoms with van der Waals surface area (Å²) in [5.74, 6) is 1.43. The zero-order chi connectivity index (χ0) is 16.1. The Balaban J connectivity index is 1.96. The summed E-state index contributed by atoms with van der Waals surface area (Å²) in [6, 6.07) is 7.50. The van der Waals surface area contributed by atoms with E-state index in [0.29, 0.717) is 30.3 Å². The van der Waals surface area contributed by atoms with Crippen LogP contribution in [-0.4, -0.2) is 29.7 Å². The molecule has 1 aromatic heterocycles. The minimum Gasteiger partial charge on any atom is -0.494 e. The molecule has 1 heterocycles. The van der Waals surface area contributed by atoms with Gasteiger partial charge in [-0.05, 0) is 38.5 Å². The average molecular weight is 303 g/mol. The van der Waals surface area contributed by atoms with Gasteiger partial charge in [-0.3, -0.25) is 0 Å². The number of benzene rings is 1. The molecule has 0 aliphatic heterocycles. The number of aromatic nitrogens is 1. The van der Waals surface area contributed by atoms with Crippen molar-refractivity contribution in [3.8, 4) is 5.75 Å². The molecule has 118 valence electrons. The highest BCUT2D eigenvalue weighted by Gasteiger charge is 2.15. The first-order chi connectivity index (χ1) is 10.5. The number of carbonyl (C=O) groups excluding carboxylic acids is 1. The first-order valence-corrected chi connectivity index (χ1v) is 7.18. The van der Waals surface area contributed by atoms with Crippen LogP contribution in [-0.2, 0) is 6.54 Å². The predicted molar refractivity (Wildman–Crippen MR) is 84.1 cm³/mol. The quantitative estimate of drug-likeness (QED) is 0.919. The largest absolute Gasteiger partial charge is 0.494 e. The van der Waals surface area contributed by atoms with Gasteiger partial charge in [0, 0.05) is 13.6 Å². The SMILES string of the molecule is CCOc1ccc(CN(C)C(=O)Nc2c(C)noc2C)cc1. The number of urea groups is 1. The van der Waals surface area contributed by atoms with E-state index in [4.69, 9.17) is 9.26 Å². The van der Waals surface area contributed by atoms with E-state index in [2.05, 4.69) is 10.5 Å². The standard InChI is InChI=1S/C16H21N3O3/c1-5-21-14-8-6-13(7-9-14)10-19(4)16(20)17-15-11(2)18-22-12(15)3/h6-9H,5,10H2,1-4H3,(H,17,20). The smallest absolute Gasteiger partial charge is 0.322 e. The maximum Gasteiger partial charge on any atom is 0.322 e. The highest BCUT2D eigenvalue weighted by molar-refractivity contribution is 5.90. The summed E-state index contributed by atoms with van der Waals surface area (Å²) in [5, 5.41) is 6.63. The van der Waals surface area contributed by atoms with E-state index in [9.17, 15) is 4.79 Å². The molecule has 0 saturated heterocycles. The van der Waals surface area contributed by atoms with Crippen LogP contribution in [0.4, 0.5) is 10.5 Å². The van der Waals surface area contributed by atoms with Gasteiger partial charge in [-0.15, -0.1) is 0 Å². The number of hydrogen-bond donors (Lipinski definition) is 1. The summed E-state index contributed by atoms with van der Waals surface area (Å²) in [4.78, 5) is 13.8. The monoisotopic (exact) mass is 303 g/mol. The fourth-order valence-electron chi connectivity index (χ4n) is 2.07. The number of rotatable bonds is 5. The van der Waals surface area contributed by atoms with E-state index in [-0.39, 0.29) is 6.03 Å². The van der Waals surface area contributed by atoms with Crippen LogP contribution in [0.3, 0.4) is 0 Å². The molecule has 0 unspecified atom stereocenters. The lowest BCUT2D eigenvalue weighted by atomic mass is 10.2. The molecule has 2 amide bonds. The lowest BCUT2D eigenvalue weighted by Gasteiger charge is -2.18. The third-order valence-corrected chi connectivity index (χ3v) is 3.27. The zero-order valence-electron chi connectivity index (χ0n) is 13.3. The molecular weight excluding hydrogens is 282 g/mol. The Hall–Kier alpha value is -2.50. The Labute approximate surface area is 130 Å². The van der Waals surface area contributed by atoms with Crippen LogP contribution < -0.4 is 10.1 Å². The Morgan fingerprint density at radius 2 is 2.00 bits per heavy atom. The zero-order valence-corrected chi connectivity index (χ0v) is 13.3. The van der Waals surface area contributed by atoms with Crippen LogP contribution in [0, 0.1) is 13.8 Å². The molecule has 2 rings (SSSR count). The maximum atomic E-state index is 12.2. The van der Waals surface area contributed by atoms with Crippen LogP contribution in [0.15, 0.2) is 28.8 Å². The van der Waals surface area contributed by atoms with Crippen molar-refractivity contribution in [1.29, 1.82) is 0 Å². The Morgan fingerprint density at radius 3 is 2.55 bits per heavy atom. The first kappa shape index (κ1) is 15.9. The minimum atomic E-state index is -0.205. The van der Waals surface area contributed by atoms with Gasteiger partial charge in [0.05, 0.1) is 6.61 Å². The third-order valence-electron chi connectivity index (χ3n) is 3.27. The molecule has 0 aliphatic carbocycles. The fraction of sp³-hybridized carbons (Fsp3) is 0.375. The van der Waals surface area contributed by atoms with Crippen LogP contribution >= 0.6 is 0 Å². The molecule has 0 radical (unpaired) electrons. The maximum absolute atomic E-state index is 12.2. The van der Waals surface area contributed by atoms with E-state index >= 15 is 0 Å². The second-order valence-electron chi connectivity index (χ2n) is 5.06. The van der Waals surface area contributed by atoms with E-state index in [0.717, 1.165) is 11.3 Å². The molecule has 0 bridgehead atoms. The molecule has 1 N–H and O–H groups in total. The van der Waals surface area contributed by atoms with E-state index in [1.165, 1.54) is 0 Å². The highest BCUT2D eigenvalue weighted by atomic mass is 16.5. The number of aryl methyl sites for hydroxylation is 2. The molecule has 0 fully saturated rings. The molecule has 0 spiro atoms. The average Bonchev–Trinajstić information content (AvgIpc) is 2.81. The lowest BCUT2D eigenvalue weighted by molar-refractivity contribution is 0.220. The summed E-state index contributed by atoms with van der Waals surface area (Å²) in [6.45, 7) is 6.64. The number of anilines is 1. The van der Waals surface area contributed by atoms with Crippen LogP contribution in [0.25, 0.3) is 0 Å². The van der Waals surface area contributed by atoms with Crippen molar-refractivity contribution >= 4 is 11.7 Å². The Morgan fingerprint density at radius 1 is 1.32 bits per heavy atom. The van der Waals surface area contributed by atoms with Crippen molar-refractivity contribution < 1.29 is 14.1 Å². The topological polar surface area (TPSA) is 67.6 Å². The lowest BCUT2D eigenvalue weighted by Crippen LogP contribution is -2.31. The number of amides is 2. The van der Waals surface area contributed by atoms with Crippen molar-refractivity contribution in [2.75, 3.05) is 19.0 Å². The molecule has 22 heavy (non-hydrogen) atoms. The van der Waals surface area contributed by atoms with Crippen molar-refractivity contribution in [3.05, 3.63) is 41.3 Å². The van der Waals surface area contributed by atoms with E-state index in [1.807, 2.05) is 31.2 Å². The fourth-order valence-corrected chi connectivity index (χ4v) is 2.07. The van der Waals surface area contributed by atoms with Gasteiger partial charge >= 0.3 is 6.03 Å². The molecule has 2 aromatic rings. The van der Waals surface area contributed by atoms with Crippen molar-refractivity contribution in [2.24, 2.45) is 0 Å². The Kier molecular flexibility index (Phi) is 5.04. The highest BCUT2D eigenvalue weighted by Crippen LogP contribution is 2.19. The number of hydrogen-bond acceptors (Lipinski definition) is 4. The number of nitrogens with one attached hydrogen (secondary N) is 1. The van der Waals surface area contributed by atoms with E-state index in [1.54, 1.807) is 25.8 Å². The van der Waals surface area contributed by atoms with Gasteiger partial charge in [-0.2, -0.15) is 0 Å². The molecule has 6 heteroatoms. The second-order valence-corrected chi connectivity index (χ2v) is 5.06. The number of nitrogens with zero attached hydrogens (tertiary/aromatic N) is 2. The third kappa shape index (κ3) is 3.78. The van der Waals surface area contributed by atoms with Crippen LogP contribution in [0.1, 0.15) is 23.9 Å². The van der Waals surface area contributed by atoms with Crippen molar-refractivity contribution in [2.45, 2.75) is 27.3 Å². The second kappa shape index (κ2) is 6.98. The predicted octanol–water partition coefficient (Wildman–Crippen LogP) is 3.35. The first-order valence-electron chi connectivity index (χ1n) is 7.18. The van der Waals surface area contributed by atoms with Gasteiger partial charge in [-0.1, -0.05) is 17.3 Å². The molecule has 1 aromatic carbocycles. The van der Waals surface area contributed by atoms with Gasteiger partial charge in [0.1, 0.15) is 17.1 Å². The van der Waals surface area contributed by atoms with Gasteiger partial charge in [0.25, 0.3) is 0 Å². The van der Waals surface area contributed by atoms with Gasteiger partial charge in [0.2, 0.25) is 0 Å². The van der Waals surface area contributed by atoms with Crippen molar-refractivity contribution in [1.82, 2.24) is 10.1 Å². The molecule has 0 atom stereocenters. The molecule has 0 aliphatic rings. The van der Waals surface area contributed by atoms with Crippen LogP contribution in [0.5, 0.6) is 5.75 Å². The normalized spacial score (nSPS) is 10.4. The summed E-state index contributed by atoms with van der Waals surface area (Å²) >= 11 is 0. The van der Waals surface area contributed by atoms with E-state index < -0.39 is 0 Å². The van der Waals surface area contributed by atoms with Gasteiger partial charge in [-0.25, -0.2) is 4.79 Å². The van der Waals surface area contributed by atoms with Gasteiger partial charge in [0.15, 0.2) is 5.76 Å². The minimum absolute atomic E-state index is 0.205. The van der Waals surface area contributed by atoms with Crippen molar-refractivity contribution in [3.63, 3.8) is 0 Å².